The lowest BCUT2D eigenvalue weighted by molar-refractivity contribution is 0.224. The normalized spacial score (nSPS) is 14.8. The number of hydrogen-bond donors (Lipinski definition) is 1. The topological polar surface area (TPSA) is 78.4 Å². The summed E-state index contributed by atoms with van der Waals surface area (Å²) in [5, 5.41) is 12.5. The molecule has 7 nitrogen and oxygen atoms in total. The summed E-state index contributed by atoms with van der Waals surface area (Å²) in [6, 6.07) is 11.6. The number of nitrogens with one attached hydrogen (secondary N) is 1. The highest BCUT2D eigenvalue weighted by Crippen LogP contribution is 2.42. The highest BCUT2D eigenvalue weighted by Gasteiger charge is 2.27. The van der Waals surface area contributed by atoms with Gasteiger partial charge in [-0.05, 0) is 40.4 Å². The largest absolute Gasteiger partial charge is 0.493 e. The van der Waals surface area contributed by atoms with Crippen LogP contribution < -0.4 is 19.5 Å². The minimum absolute atomic E-state index is 0.424. The molecule has 4 rings (SSSR count). The number of anilines is 1. The van der Waals surface area contributed by atoms with Crippen LogP contribution in [-0.2, 0) is 0 Å². The molecule has 0 radical (unpaired) electrons. The fraction of sp³-hybridized carbons (Fsp3) is 0.211. The molecule has 28 heavy (non-hydrogen) atoms. The first-order valence-corrected chi connectivity index (χ1v) is 10.4. The molecule has 0 aliphatic carbocycles. The number of fused-ring (bicyclic) bond motifs is 3. The standard InChI is InChI=1S/C19H17BrN4O3S/c1-25-14-9-10(8-12(20)16(14)26-2)17-21-13-7-5-4-6-11(13)15-18(27-17)22-19(28-3)24-23-15/h4-9,17,21H,1-3H3/t17-/m1/s1. The molecule has 0 saturated heterocycles. The van der Waals surface area contributed by atoms with Crippen molar-refractivity contribution in [2.75, 3.05) is 25.8 Å². The van der Waals surface area contributed by atoms with E-state index in [1.807, 2.05) is 42.7 Å². The molecule has 1 aromatic heterocycles. The number of rotatable bonds is 4. The summed E-state index contributed by atoms with van der Waals surface area (Å²) in [6.45, 7) is 0. The van der Waals surface area contributed by atoms with E-state index in [0.29, 0.717) is 28.2 Å². The second kappa shape index (κ2) is 7.84. The number of para-hydroxylation sites is 1. The molecule has 0 saturated carbocycles. The third-order valence-electron chi connectivity index (χ3n) is 4.27. The Hall–Kier alpha value is -2.52. The summed E-state index contributed by atoms with van der Waals surface area (Å²) < 4.78 is 17.9. The van der Waals surface area contributed by atoms with Crippen LogP contribution >= 0.6 is 27.7 Å². The number of thioether (sulfide) groups is 1. The summed E-state index contributed by atoms with van der Waals surface area (Å²) in [7, 11) is 3.20. The number of hydrogen-bond acceptors (Lipinski definition) is 8. The van der Waals surface area contributed by atoms with Crippen molar-refractivity contribution in [3.05, 3.63) is 46.4 Å². The van der Waals surface area contributed by atoms with Crippen LogP contribution in [0.2, 0.25) is 0 Å². The summed E-state index contributed by atoms with van der Waals surface area (Å²) in [5.41, 5.74) is 3.21. The number of benzene rings is 2. The highest BCUT2D eigenvalue weighted by molar-refractivity contribution is 9.10. The molecule has 2 heterocycles. The van der Waals surface area contributed by atoms with Crippen molar-refractivity contribution in [1.82, 2.24) is 15.2 Å². The van der Waals surface area contributed by atoms with Crippen molar-refractivity contribution in [2.24, 2.45) is 0 Å². The van der Waals surface area contributed by atoms with Crippen LogP contribution in [-0.4, -0.2) is 35.7 Å². The molecular weight excluding hydrogens is 444 g/mol. The Labute approximate surface area is 175 Å². The Kier molecular flexibility index (Phi) is 5.27. The molecule has 0 bridgehead atoms. The van der Waals surface area contributed by atoms with E-state index in [9.17, 15) is 0 Å². The van der Waals surface area contributed by atoms with Gasteiger partial charge in [0.1, 0.15) is 0 Å². The predicted molar refractivity (Wildman–Crippen MR) is 111 cm³/mol. The average molecular weight is 461 g/mol. The monoisotopic (exact) mass is 460 g/mol. The molecule has 1 N–H and O–H groups in total. The van der Waals surface area contributed by atoms with Gasteiger partial charge in [-0.1, -0.05) is 30.0 Å². The maximum atomic E-state index is 6.24. The number of halogens is 1. The summed E-state index contributed by atoms with van der Waals surface area (Å²) in [6.07, 6.45) is 1.39. The zero-order chi connectivity index (χ0) is 19.7. The lowest BCUT2D eigenvalue weighted by Crippen LogP contribution is -2.17. The second-order valence-electron chi connectivity index (χ2n) is 5.88. The van der Waals surface area contributed by atoms with Crippen LogP contribution in [0, 0.1) is 0 Å². The van der Waals surface area contributed by atoms with Crippen LogP contribution in [0.4, 0.5) is 5.69 Å². The van der Waals surface area contributed by atoms with Crippen LogP contribution in [0.15, 0.2) is 46.0 Å². The van der Waals surface area contributed by atoms with E-state index < -0.39 is 6.23 Å². The van der Waals surface area contributed by atoms with Crippen molar-refractivity contribution >= 4 is 33.4 Å². The highest BCUT2D eigenvalue weighted by atomic mass is 79.9. The predicted octanol–water partition coefficient (Wildman–Crippen LogP) is 4.54. The zero-order valence-corrected chi connectivity index (χ0v) is 17.8. The van der Waals surface area contributed by atoms with Gasteiger partial charge in [0.05, 0.1) is 18.7 Å². The Morgan fingerprint density at radius 2 is 1.96 bits per heavy atom. The number of aromatic nitrogens is 3. The molecule has 0 fully saturated rings. The Bertz CT molecular complexity index is 1030. The summed E-state index contributed by atoms with van der Waals surface area (Å²) in [5.74, 6) is 1.64. The molecule has 2 aromatic carbocycles. The lowest BCUT2D eigenvalue weighted by Gasteiger charge is -2.21. The first kappa shape index (κ1) is 18.8. The van der Waals surface area contributed by atoms with Crippen molar-refractivity contribution in [2.45, 2.75) is 11.4 Å². The van der Waals surface area contributed by atoms with Gasteiger partial charge in [0.25, 0.3) is 0 Å². The third kappa shape index (κ3) is 3.35. The van der Waals surface area contributed by atoms with Crippen LogP contribution in [0.25, 0.3) is 11.3 Å². The van der Waals surface area contributed by atoms with Crippen molar-refractivity contribution in [1.29, 1.82) is 0 Å². The quantitative estimate of drug-likeness (QED) is 0.568. The van der Waals surface area contributed by atoms with Crippen LogP contribution in [0.5, 0.6) is 17.4 Å². The van der Waals surface area contributed by atoms with Crippen molar-refractivity contribution in [3.8, 4) is 28.6 Å². The molecule has 1 aliphatic rings. The van der Waals surface area contributed by atoms with Crippen molar-refractivity contribution < 1.29 is 14.2 Å². The van der Waals surface area contributed by atoms with E-state index in [0.717, 1.165) is 21.3 Å². The van der Waals surface area contributed by atoms with Crippen LogP contribution in [0.1, 0.15) is 11.8 Å². The SMILES string of the molecule is COc1cc([C@@H]2Nc3ccccc3-c3nnc(SC)nc3O2)cc(Br)c1OC. The molecule has 0 amide bonds. The third-order valence-corrected chi connectivity index (χ3v) is 5.40. The zero-order valence-electron chi connectivity index (χ0n) is 15.4. The lowest BCUT2D eigenvalue weighted by atomic mass is 10.1. The van der Waals surface area contributed by atoms with Gasteiger partial charge in [0, 0.05) is 16.8 Å². The van der Waals surface area contributed by atoms with E-state index in [2.05, 4.69) is 36.4 Å². The maximum absolute atomic E-state index is 6.24. The smallest absolute Gasteiger partial charge is 0.247 e. The van der Waals surface area contributed by atoms with Gasteiger partial charge in [-0.15, -0.1) is 10.2 Å². The van der Waals surface area contributed by atoms with Gasteiger partial charge in [-0.25, -0.2) is 0 Å². The van der Waals surface area contributed by atoms with E-state index in [1.165, 1.54) is 11.8 Å². The minimum atomic E-state index is -0.509. The number of nitrogens with zero attached hydrogens (tertiary/aromatic N) is 3. The second-order valence-corrected chi connectivity index (χ2v) is 7.51. The Morgan fingerprint density at radius 3 is 2.71 bits per heavy atom. The number of methoxy groups -OCH3 is 2. The van der Waals surface area contributed by atoms with Gasteiger partial charge in [0.2, 0.25) is 11.0 Å². The van der Waals surface area contributed by atoms with Gasteiger partial charge >= 0.3 is 0 Å². The van der Waals surface area contributed by atoms with E-state index in [1.54, 1.807) is 14.2 Å². The molecule has 1 aliphatic heterocycles. The number of ether oxygens (including phenoxy) is 3. The van der Waals surface area contributed by atoms with Gasteiger partial charge < -0.3 is 19.5 Å². The maximum Gasteiger partial charge on any atom is 0.247 e. The van der Waals surface area contributed by atoms with E-state index in [-0.39, 0.29) is 0 Å². The van der Waals surface area contributed by atoms with Gasteiger partial charge in [-0.2, -0.15) is 4.98 Å². The average Bonchev–Trinajstić information content (AvgIpc) is 2.89. The van der Waals surface area contributed by atoms with E-state index >= 15 is 0 Å². The molecule has 144 valence electrons. The van der Waals surface area contributed by atoms with Gasteiger partial charge in [0.15, 0.2) is 23.4 Å². The molecule has 9 heteroatoms. The van der Waals surface area contributed by atoms with Crippen molar-refractivity contribution in [3.63, 3.8) is 0 Å². The molecular formula is C19H17BrN4O3S. The molecule has 0 unspecified atom stereocenters. The molecule has 1 atom stereocenters. The summed E-state index contributed by atoms with van der Waals surface area (Å²) in [4.78, 5) is 4.52. The molecule has 0 spiro atoms. The first-order chi connectivity index (χ1) is 13.6. The fourth-order valence-electron chi connectivity index (χ4n) is 2.97. The van der Waals surface area contributed by atoms with Gasteiger partial charge in [-0.3, -0.25) is 0 Å². The van der Waals surface area contributed by atoms with Crippen LogP contribution in [0.3, 0.4) is 0 Å². The minimum Gasteiger partial charge on any atom is -0.493 e. The summed E-state index contributed by atoms with van der Waals surface area (Å²) >= 11 is 4.95. The fourth-order valence-corrected chi connectivity index (χ4v) is 3.89. The Morgan fingerprint density at radius 1 is 1.14 bits per heavy atom. The van der Waals surface area contributed by atoms with E-state index in [4.69, 9.17) is 14.2 Å². The first-order valence-electron chi connectivity index (χ1n) is 8.37. The molecule has 3 aromatic rings. The Balaban J connectivity index is 1.85.